The monoisotopic (exact) mass is 503 g/mol. The number of piperidine rings is 1. The Labute approximate surface area is 202 Å². The maximum absolute atomic E-state index is 13.4. The molecule has 172 valence electrons. The van der Waals surface area contributed by atoms with Gasteiger partial charge in [0.25, 0.3) is 0 Å². The van der Waals surface area contributed by atoms with Gasteiger partial charge in [-0.2, -0.15) is 4.31 Å². The van der Waals surface area contributed by atoms with E-state index < -0.39 is 16.1 Å². The van der Waals surface area contributed by atoms with Gasteiger partial charge in [0.1, 0.15) is 10.7 Å². The molecule has 2 aromatic carbocycles. The number of rotatable bonds is 5. The number of nitrogens with zero attached hydrogens (tertiary/aromatic N) is 2. The first-order chi connectivity index (χ1) is 15.8. The summed E-state index contributed by atoms with van der Waals surface area (Å²) in [4.78, 5) is 7.83. The van der Waals surface area contributed by atoms with Crippen LogP contribution in [0, 0.1) is 0 Å². The van der Waals surface area contributed by atoms with Gasteiger partial charge in [0.05, 0.1) is 23.0 Å². The van der Waals surface area contributed by atoms with Crippen molar-refractivity contribution in [2.24, 2.45) is 0 Å². The Balaban J connectivity index is 1.31. The molecule has 3 aromatic rings. The Bertz CT molecular complexity index is 1340. The van der Waals surface area contributed by atoms with Crippen LogP contribution in [0.4, 0.5) is 0 Å². The first-order valence-electron chi connectivity index (χ1n) is 11.2. The zero-order chi connectivity index (χ0) is 22.9. The van der Waals surface area contributed by atoms with Crippen LogP contribution in [0.2, 0.25) is 10.0 Å². The largest absolute Gasteiger partial charge is 0.393 e. The Morgan fingerprint density at radius 3 is 2.39 bits per heavy atom. The smallest absolute Gasteiger partial charge is 0.245 e. The van der Waals surface area contributed by atoms with Crippen molar-refractivity contribution in [2.45, 2.75) is 61.1 Å². The normalized spacial score (nSPS) is 25.1. The second kappa shape index (κ2) is 7.82. The summed E-state index contributed by atoms with van der Waals surface area (Å²) in [5.74, 6) is 1.13. The third-order valence-electron chi connectivity index (χ3n) is 7.02. The van der Waals surface area contributed by atoms with Gasteiger partial charge in [-0.15, -0.1) is 0 Å². The molecule has 2 bridgehead atoms. The molecule has 33 heavy (non-hydrogen) atoms. The topological polar surface area (TPSA) is 86.3 Å². The van der Waals surface area contributed by atoms with Gasteiger partial charge in [-0.1, -0.05) is 35.3 Å². The lowest BCUT2D eigenvalue weighted by Gasteiger charge is -2.52. The molecule has 2 aliphatic heterocycles. The molecule has 2 saturated heterocycles. The molecule has 0 spiro atoms. The molecular formula is C24H23Cl2N3O3S. The maximum Gasteiger partial charge on any atom is 0.245 e. The molecular weight excluding hydrogens is 481 g/mol. The van der Waals surface area contributed by atoms with Gasteiger partial charge < -0.3 is 10.1 Å². The van der Waals surface area contributed by atoms with Crippen molar-refractivity contribution >= 4 is 33.2 Å². The molecule has 0 amide bonds. The zero-order valence-corrected chi connectivity index (χ0v) is 20.0. The van der Waals surface area contributed by atoms with Crippen molar-refractivity contribution in [3.05, 3.63) is 58.2 Å². The summed E-state index contributed by atoms with van der Waals surface area (Å²) in [5, 5.41) is 10.8. The molecule has 6 nitrogen and oxygen atoms in total. The summed E-state index contributed by atoms with van der Waals surface area (Å²) in [6, 6.07) is 10.7. The second-order valence-corrected chi connectivity index (χ2v) is 11.9. The molecule has 1 saturated carbocycles. The number of nitrogens with one attached hydrogen (secondary N) is 1. The van der Waals surface area contributed by atoms with Gasteiger partial charge >= 0.3 is 0 Å². The van der Waals surface area contributed by atoms with Crippen molar-refractivity contribution in [1.82, 2.24) is 14.3 Å². The van der Waals surface area contributed by atoms with Crippen LogP contribution in [-0.2, 0) is 10.0 Å². The summed E-state index contributed by atoms with van der Waals surface area (Å²) >= 11 is 12.8. The number of imidazole rings is 1. The highest BCUT2D eigenvalue weighted by molar-refractivity contribution is 7.89. The first-order valence-corrected chi connectivity index (χ1v) is 13.4. The van der Waals surface area contributed by atoms with E-state index in [1.807, 2.05) is 12.1 Å². The van der Waals surface area contributed by atoms with Crippen LogP contribution in [0.25, 0.3) is 22.6 Å². The predicted octanol–water partition coefficient (Wildman–Crippen LogP) is 5.21. The fourth-order valence-corrected chi connectivity index (χ4v) is 7.89. The summed E-state index contributed by atoms with van der Waals surface area (Å²) in [6.07, 6.45) is 5.39. The number of H-pyrrole nitrogens is 1. The van der Waals surface area contributed by atoms with E-state index in [0.29, 0.717) is 30.1 Å². The van der Waals surface area contributed by atoms with Gasteiger partial charge in [0, 0.05) is 28.2 Å². The number of halogens is 2. The zero-order valence-electron chi connectivity index (χ0n) is 17.7. The number of sulfonamides is 1. The van der Waals surface area contributed by atoms with Crippen LogP contribution in [0.3, 0.4) is 0 Å². The number of aromatic amines is 1. The fraction of sp³-hybridized carbons (Fsp3) is 0.375. The lowest BCUT2D eigenvalue weighted by Crippen LogP contribution is -2.63. The Morgan fingerprint density at radius 1 is 0.970 bits per heavy atom. The fourth-order valence-electron chi connectivity index (χ4n) is 5.20. The molecule has 6 rings (SSSR count). The highest BCUT2D eigenvalue weighted by Gasteiger charge is 2.51. The quantitative estimate of drug-likeness (QED) is 0.499. The molecule has 1 aromatic heterocycles. The SMILES string of the molecule is O=S(=O)(c1cc(-c2ncc(-c3ccc(C4CC4)c(Cl)c3)[nH]2)ccc1Cl)N1C2CC(O)CC1C2. The molecule has 9 heteroatoms. The highest BCUT2D eigenvalue weighted by atomic mass is 35.5. The minimum Gasteiger partial charge on any atom is -0.393 e. The van der Waals surface area contributed by atoms with E-state index in [9.17, 15) is 13.5 Å². The number of aliphatic hydroxyl groups excluding tert-OH is 1. The number of aliphatic hydroxyl groups is 1. The Hall–Kier alpha value is -1.90. The van der Waals surface area contributed by atoms with Crippen molar-refractivity contribution in [3.8, 4) is 22.6 Å². The van der Waals surface area contributed by atoms with E-state index in [2.05, 4.69) is 16.0 Å². The third-order valence-corrected chi connectivity index (χ3v) is 9.83. The average Bonchev–Trinajstić information content (AvgIpc) is 3.48. The van der Waals surface area contributed by atoms with Crippen LogP contribution in [0.1, 0.15) is 43.6 Å². The van der Waals surface area contributed by atoms with Crippen molar-refractivity contribution < 1.29 is 13.5 Å². The maximum atomic E-state index is 13.4. The molecule has 3 heterocycles. The molecule has 1 aliphatic carbocycles. The molecule has 3 aliphatic rings. The van der Waals surface area contributed by atoms with Gasteiger partial charge in [-0.25, -0.2) is 13.4 Å². The average molecular weight is 504 g/mol. The Kier molecular flexibility index (Phi) is 5.12. The summed E-state index contributed by atoms with van der Waals surface area (Å²) in [7, 11) is -3.77. The molecule has 2 unspecified atom stereocenters. The van der Waals surface area contributed by atoms with Crippen LogP contribution in [-0.4, -0.2) is 46.0 Å². The van der Waals surface area contributed by atoms with Crippen molar-refractivity contribution in [2.75, 3.05) is 0 Å². The lowest BCUT2D eigenvalue weighted by atomic mass is 9.81. The van der Waals surface area contributed by atoms with Crippen LogP contribution >= 0.6 is 23.2 Å². The number of hydrogen-bond acceptors (Lipinski definition) is 4. The minimum atomic E-state index is -3.77. The standard InChI is InChI=1S/C24H23Cl2N3O3S/c25-20-6-4-15(8-23(20)33(31,32)29-16-9-17(29)11-18(30)10-16)24-27-12-22(28-24)14-3-5-19(13-1-2-13)21(26)7-14/h3-8,12-13,16-18,30H,1-2,9-11H2,(H,27,28). The van der Waals surface area contributed by atoms with E-state index in [4.69, 9.17) is 23.2 Å². The summed E-state index contributed by atoms with van der Waals surface area (Å²) in [5.41, 5.74) is 3.56. The first kappa shape index (κ1) is 21.6. The van der Waals surface area contributed by atoms with E-state index in [-0.39, 0.29) is 22.0 Å². The van der Waals surface area contributed by atoms with E-state index >= 15 is 0 Å². The van der Waals surface area contributed by atoms with E-state index in [0.717, 1.165) is 22.7 Å². The van der Waals surface area contributed by atoms with Crippen LogP contribution in [0.5, 0.6) is 0 Å². The van der Waals surface area contributed by atoms with Gasteiger partial charge in [0.15, 0.2) is 0 Å². The van der Waals surface area contributed by atoms with Crippen molar-refractivity contribution in [1.29, 1.82) is 0 Å². The number of hydrogen-bond donors (Lipinski definition) is 2. The van der Waals surface area contributed by atoms with Crippen LogP contribution in [0.15, 0.2) is 47.5 Å². The second-order valence-electron chi connectivity index (χ2n) is 9.30. The van der Waals surface area contributed by atoms with Crippen molar-refractivity contribution in [3.63, 3.8) is 0 Å². The molecule has 0 radical (unpaired) electrons. The van der Waals surface area contributed by atoms with E-state index in [1.54, 1.807) is 24.4 Å². The lowest BCUT2D eigenvalue weighted by molar-refractivity contribution is -0.0266. The Morgan fingerprint density at radius 2 is 1.70 bits per heavy atom. The number of fused-ring (bicyclic) bond motifs is 2. The van der Waals surface area contributed by atoms with Gasteiger partial charge in [-0.05, 0) is 67.9 Å². The van der Waals surface area contributed by atoms with Gasteiger partial charge in [-0.3, -0.25) is 0 Å². The molecule has 3 fully saturated rings. The third kappa shape index (κ3) is 3.70. The predicted molar refractivity (Wildman–Crippen MR) is 128 cm³/mol. The minimum absolute atomic E-state index is 0.0718. The molecule has 2 N–H and O–H groups in total. The number of aromatic nitrogens is 2. The summed E-state index contributed by atoms with van der Waals surface area (Å²) < 4.78 is 28.3. The highest BCUT2D eigenvalue weighted by Crippen LogP contribution is 2.45. The van der Waals surface area contributed by atoms with E-state index in [1.165, 1.54) is 22.7 Å². The van der Waals surface area contributed by atoms with Crippen LogP contribution < -0.4 is 0 Å². The summed E-state index contributed by atoms with van der Waals surface area (Å²) in [6.45, 7) is 0. The number of benzene rings is 2. The molecule has 2 atom stereocenters. The van der Waals surface area contributed by atoms with Gasteiger partial charge in [0.2, 0.25) is 10.0 Å².